The number of carboxylic acids is 1. The first-order valence-electron chi connectivity index (χ1n) is 12.7. The van der Waals surface area contributed by atoms with Crippen molar-refractivity contribution in [3.05, 3.63) is 54.7 Å². The number of aromatic nitrogens is 4. The number of hydrogen-bond donors (Lipinski definition) is 2. The second kappa shape index (κ2) is 12.0. The van der Waals surface area contributed by atoms with E-state index in [4.69, 9.17) is 19.3 Å². The molecule has 2 amide bonds. The van der Waals surface area contributed by atoms with Crippen LogP contribution in [0.5, 0.6) is 11.5 Å². The summed E-state index contributed by atoms with van der Waals surface area (Å²) < 4.78 is 17.5. The van der Waals surface area contributed by atoms with E-state index in [1.807, 2.05) is 30.0 Å². The first-order valence-corrected chi connectivity index (χ1v) is 12.7. The summed E-state index contributed by atoms with van der Waals surface area (Å²) in [4.78, 5) is 53.3. The highest BCUT2D eigenvalue weighted by molar-refractivity contribution is 5.80. The number of fused-ring (bicyclic) bond motifs is 1. The van der Waals surface area contributed by atoms with E-state index < -0.39 is 18.6 Å². The molecule has 2 unspecified atom stereocenters. The first kappa shape index (κ1) is 26.9. The zero-order valence-electron chi connectivity index (χ0n) is 21.8. The Morgan fingerprint density at radius 2 is 2.00 bits per heavy atom. The molecule has 2 aromatic heterocycles. The van der Waals surface area contributed by atoms with E-state index in [0.29, 0.717) is 36.4 Å². The van der Waals surface area contributed by atoms with E-state index in [-0.39, 0.29) is 44.2 Å². The molecule has 1 saturated heterocycles. The van der Waals surface area contributed by atoms with E-state index in [9.17, 15) is 14.4 Å². The summed E-state index contributed by atoms with van der Waals surface area (Å²) in [6, 6.07) is 6.58. The summed E-state index contributed by atoms with van der Waals surface area (Å²) in [6.07, 6.45) is 6.67. The summed E-state index contributed by atoms with van der Waals surface area (Å²) in [7, 11) is 0. The van der Waals surface area contributed by atoms with Crippen LogP contribution in [0.15, 0.2) is 49.2 Å². The van der Waals surface area contributed by atoms with Crippen molar-refractivity contribution in [3.63, 3.8) is 0 Å². The quantitative estimate of drug-likeness (QED) is 0.366. The molecule has 1 aromatic carbocycles. The molecule has 14 nitrogen and oxygen atoms in total. The Morgan fingerprint density at radius 3 is 2.80 bits per heavy atom. The van der Waals surface area contributed by atoms with E-state index in [0.717, 1.165) is 5.56 Å². The van der Waals surface area contributed by atoms with Crippen molar-refractivity contribution < 1.29 is 33.7 Å². The first-order chi connectivity index (χ1) is 19.4. The SMILES string of the molecule is CC(NC(=O)CC1CN(C(=O)COCC(=O)O)CCN1c1ccnc(-n2ccnc2)n1)c1ccc2c(c1)OCO2. The number of carbonyl (C=O) groups is 3. The highest BCUT2D eigenvalue weighted by Crippen LogP contribution is 2.34. The summed E-state index contributed by atoms with van der Waals surface area (Å²) in [5.41, 5.74) is 0.867. The fraction of sp³-hybridized carbons (Fsp3) is 0.385. The second-order valence-electron chi connectivity index (χ2n) is 9.36. The van der Waals surface area contributed by atoms with E-state index in [1.165, 1.54) is 0 Å². The number of carbonyl (C=O) groups excluding carboxylic acids is 2. The number of piperazine rings is 1. The standard InChI is InChI=1S/C26H29N7O7/c1-17(18-2-3-20-21(10-18)40-16-39-20)29-23(34)11-19-12-31(24(35)13-38-14-25(36)37)8-9-33(19)22-4-5-28-26(30-22)32-7-6-27-15-32/h2-7,10,15,17,19H,8-9,11-14,16H2,1H3,(H,29,34)(H,36,37). The topological polar surface area (TPSA) is 161 Å². The van der Waals surface area contributed by atoms with Gasteiger partial charge < -0.3 is 34.4 Å². The molecular formula is C26H29N7O7. The Labute approximate surface area is 229 Å². The smallest absolute Gasteiger partial charge is 0.329 e. The molecule has 0 spiro atoms. The molecular weight excluding hydrogens is 522 g/mol. The number of amides is 2. The van der Waals surface area contributed by atoms with Gasteiger partial charge in [0.15, 0.2) is 11.5 Å². The zero-order chi connectivity index (χ0) is 28.1. The number of aliphatic carboxylic acids is 1. The number of ether oxygens (including phenoxy) is 3. The Hall–Kier alpha value is -4.72. The molecule has 210 valence electrons. The van der Waals surface area contributed by atoms with Crippen molar-refractivity contribution in [1.29, 1.82) is 0 Å². The van der Waals surface area contributed by atoms with Crippen LogP contribution < -0.4 is 19.7 Å². The van der Waals surface area contributed by atoms with E-state index in [2.05, 4.69) is 20.3 Å². The molecule has 0 radical (unpaired) electrons. The number of nitrogens with one attached hydrogen (secondary N) is 1. The molecule has 0 saturated carbocycles. The fourth-order valence-corrected chi connectivity index (χ4v) is 4.66. The van der Waals surface area contributed by atoms with Crippen molar-refractivity contribution in [2.24, 2.45) is 0 Å². The lowest BCUT2D eigenvalue weighted by Gasteiger charge is -2.42. The maximum Gasteiger partial charge on any atom is 0.329 e. The molecule has 2 aliphatic heterocycles. The highest BCUT2D eigenvalue weighted by Gasteiger charge is 2.32. The van der Waals surface area contributed by atoms with Crippen LogP contribution >= 0.6 is 0 Å². The summed E-state index contributed by atoms with van der Waals surface area (Å²) in [5, 5.41) is 11.8. The van der Waals surface area contributed by atoms with Crippen molar-refractivity contribution in [3.8, 4) is 17.4 Å². The average molecular weight is 552 g/mol. The largest absolute Gasteiger partial charge is 0.480 e. The maximum absolute atomic E-state index is 13.3. The molecule has 4 heterocycles. The molecule has 3 aromatic rings. The number of rotatable bonds is 10. The van der Waals surface area contributed by atoms with E-state index in [1.54, 1.807) is 40.5 Å². The van der Waals surface area contributed by atoms with Crippen LogP contribution in [0.1, 0.15) is 24.9 Å². The predicted molar refractivity (Wildman–Crippen MR) is 139 cm³/mol. The molecule has 2 N–H and O–H groups in total. The van der Waals surface area contributed by atoms with Gasteiger partial charge in [0.2, 0.25) is 24.6 Å². The number of benzene rings is 1. The lowest BCUT2D eigenvalue weighted by atomic mass is 10.0. The minimum atomic E-state index is -1.15. The van der Waals surface area contributed by atoms with Crippen LogP contribution in [0.4, 0.5) is 5.82 Å². The lowest BCUT2D eigenvalue weighted by molar-refractivity contribution is -0.146. The Bertz CT molecular complexity index is 1370. The van der Waals surface area contributed by atoms with Crippen molar-refractivity contribution >= 4 is 23.6 Å². The third-order valence-corrected chi connectivity index (χ3v) is 6.64. The normalized spacial score (nSPS) is 17.0. The average Bonchev–Trinajstić information content (AvgIpc) is 3.65. The van der Waals surface area contributed by atoms with Crippen molar-refractivity contribution in [1.82, 2.24) is 29.7 Å². The van der Waals surface area contributed by atoms with Gasteiger partial charge in [0.1, 0.15) is 25.4 Å². The molecule has 0 aliphatic carbocycles. The molecule has 40 heavy (non-hydrogen) atoms. The van der Waals surface area contributed by atoms with Gasteiger partial charge in [0.25, 0.3) is 0 Å². The molecule has 1 fully saturated rings. The second-order valence-corrected chi connectivity index (χ2v) is 9.36. The summed E-state index contributed by atoms with van der Waals surface area (Å²) >= 11 is 0. The number of carboxylic acid groups (broad SMARTS) is 1. The Morgan fingerprint density at radius 1 is 1.15 bits per heavy atom. The number of anilines is 1. The summed E-state index contributed by atoms with van der Waals surface area (Å²) in [6.45, 7) is 2.11. The van der Waals surface area contributed by atoms with Gasteiger partial charge in [-0.15, -0.1) is 0 Å². The predicted octanol–water partition coefficient (Wildman–Crippen LogP) is 0.777. The van der Waals surface area contributed by atoms with Crippen LogP contribution in [0.2, 0.25) is 0 Å². The molecule has 0 bridgehead atoms. The van der Waals surface area contributed by atoms with Crippen LogP contribution in [-0.2, 0) is 19.1 Å². The van der Waals surface area contributed by atoms with Gasteiger partial charge in [-0.05, 0) is 30.7 Å². The molecule has 5 rings (SSSR count). The number of nitrogens with zero attached hydrogens (tertiary/aromatic N) is 6. The minimum absolute atomic E-state index is 0.0824. The Kier molecular flexibility index (Phi) is 8.05. The van der Waals surface area contributed by atoms with Gasteiger partial charge in [-0.3, -0.25) is 14.2 Å². The van der Waals surface area contributed by atoms with E-state index >= 15 is 0 Å². The third-order valence-electron chi connectivity index (χ3n) is 6.64. The van der Waals surface area contributed by atoms with Gasteiger partial charge in [0, 0.05) is 44.6 Å². The molecule has 14 heteroatoms. The van der Waals surface area contributed by atoms with Crippen LogP contribution in [-0.4, -0.2) is 93.0 Å². The van der Waals surface area contributed by atoms with Crippen molar-refractivity contribution in [2.75, 3.05) is 44.5 Å². The van der Waals surface area contributed by atoms with Gasteiger partial charge in [0.05, 0.1) is 12.1 Å². The fourth-order valence-electron chi connectivity index (χ4n) is 4.66. The van der Waals surface area contributed by atoms with Gasteiger partial charge in [-0.2, -0.15) is 4.98 Å². The van der Waals surface area contributed by atoms with Crippen LogP contribution in [0.25, 0.3) is 5.95 Å². The van der Waals surface area contributed by atoms with Gasteiger partial charge in [-0.25, -0.2) is 14.8 Å². The highest BCUT2D eigenvalue weighted by atomic mass is 16.7. The van der Waals surface area contributed by atoms with Gasteiger partial charge >= 0.3 is 5.97 Å². The van der Waals surface area contributed by atoms with Crippen LogP contribution in [0.3, 0.4) is 0 Å². The number of hydrogen-bond acceptors (Lipinski definition) is 10. The maximum atomic E-state index is 13.3. The lowest BCUT2D eigenvalue weighted by Crippen LogP contribution is -2.57. The van der Waals surface area contributed by atoms with Gasteiger partial charge in [-0.1, -0.05) is 6.07 Å². The molecule has 2 aliphatic rings. The zero-order valence-corrected chi connectivity index (χ0v) is 21.8. The van der Waals surface area contributed by atoms with Crippen molar-refractivity contribution in [2.45, 2.75) is 25.4 Å². The number of imidazole rings is 1. The summed E-state index contributed by atoms with van der Waals surface area (Å²) in [5.74, 6) is 0.624. The third kappa shape index (κ3) is 6.29. The minimum Gasteiger partial charge on any atom is -0.480 e. The monoisotopic (exact) mass is 551 g/mol. The molecule has 2 atom stereocenters. The van der Waals surface area contributed by atoms with Crippen LogP contribution in [0, 0.1) is 0 Å². The Balaban J connectivity index is 1.30.